The smallest absolute Gasteiger partial charge is 0.00173 e. The Bertz CT molecular complexity index is 96.3. The first-order valence-electron chi connectivity index (χ1n) is 5.61. The quantitative estimate of drug-likeness (QED) is 0.593. The summed E-state index contributed by atoms with van der Waals surface area (Å²) < 4.78 is 0. The third-order valence-electron chi connectivity index (χ3n) is 2.43. The normalized spacial score (nSPS) is 13.6. The maximum Gasteiger partial charge on any atom is 0.00173 e. The molecule has 1 unspecified atom stereocenters. The highest BCUT2D eigenvalue weighted by Crippen LogP contribution is 2.08. The van der Waals surface area contributed by atoms with Gasteiger partial charge in [-0.1, -0.05) is 27.2 Å². The van der Waals surface area contributed by atoms with Gasteiger partial charge in [-0.25, -0.2) is 0 Å². The van der Waals surface area contributed by atoms with Crippen LogP contribution in [0.4, 0.5) is 0 Å². The van der Waals surface area contributed by atoms with E-state index in [2.05, 4.69) is 38.3 Å². The van der Waals surface area contributed by atoms with Crippen LogP contribution in [-0.2, 0) is 0 Å². The number of hydrogen-bond donors (Lipinski definition) is 1. The SMILES string of the molecule is CCCN(CCC)CC(CC)CS. The molecule has 0 amide bonds. The second kappa shape index (κ2) is 8.89. The molecule has 0 N–H and O–H groups in total. The second-order valence-corrected chi connectivity index (χ2v) is 4.12. The highest BCUT2D eigenvalue weighted by atomic mass is 32.1. The molecule has 2 heteroatoms. The van der Waals surface area contributed by atoms with Gasteiger partial charge >= 0.3 is 0 Å². The van der Waals surface area contributed by atoms with Crippen molar-refractivity contribution in [2.24, 2.45) is 5.92 Å². The van der Waals surface area contributed by atoms with E-state index in [9.17, 15) is 0 Å². The zero-order valence-corrected chi connectivity index (χ0v) is 10.3. The van der Waals surface area contributed by atoms with Crippen LogP contribution in [-0.4, -0.2) is 30.3 Å². The topological polar surface area (TPSA) is 3.24 Å². The van der Waals surface area contributed by atoms with Crippen molar-refractivity contribution < 1.29 is 0 Å². The van der Waals surface area contributed by atoms with Gasteiger partial charge in [-0.05, 0) is 37.6 Å². The number of thiol groups is 1. The standard InChI is InChI=1S/C11H25NS/c1-4-7-12(8-5-2)9-11(6-3)10-13/h11,13H,4-10H2,1-3H3. The van der Waals surface area contributed by atoms with Gasteiger partial charge in [-0.3, -0.25) is 0 Å². The monoisotopic (exact) mass is 203 g/mol. The Kier molecular flexibility index (Phi) is 9.10. The third-order valence-corrected chi connectivity index (χ3v) is 2.95. The van der Waals surface area contributed by atoms with Crippen LogP contribution >= 0.6 is 12.6 Å². The lowest BCUT2D eigenvalue weighted by Crippen LogP contribution is -2.31. The van der Waals surface area contributed by atoms with Gasteiger partial charge in [0.2, 0.25) is 0 Å². The molecule has 0 aromatic heterocycles. The summed E-state index contributed by atoms with van der Waals surface area (Å²) >= 11 is 4.38. The molecule has 0 heterocycles. The molecule has 0 aromatic rings. The molecule has 0 fully saturated rings. The molecule has 0 rings (SSSR count). The maximum absolute atomic E-state index is 4.38. The first-order chi connectivity index (χ1) is 6.28. The number of rotatable bonds is 8. The highest BCUT2D eigenvalue weighted by molar-refractivity contribution is 7.80. The van der Waals surface area contributed by atoms with Crippen LogP contribution in [0.3, 0.4) is 0 Å². The fourth-order valence-electron chi connectivity index (χ4n) is 1.61. The van der Waals surface area contributed by atoms with Crippen molar-refractivity contribution in [3.63, 3.8) is 0 Å². The molecule has 0 saturated carbocycles. The number of hydrogen-bond acceptors (Lipinski definition) is 2. The van der Waals surface area contributed by atoms with E-state index in [4.69, 9.17) is 0 Å². The molecule has 0 aliphatic heterocycles. The second-order valence-electron chi connectivity index (χ2n) is 3.76. The van der Waals surface area contributed by atoms with E-state index in [0.717, 1.165) is 11.7 Å². The average Bonchev–Trinajstić information content (AvgIpc) is 2.14. The lowest BCUT2D eigenvalue weighted by molar-refractivity contribution is 0.237. The van der Waals surface area contributed by atoms with Crippen LogP contribution in [0, 0.1) is 5.92 Å². The Morgan fingerprint density at radius 1 is 1.08 bits per heavy atom. The largest absolute Gasteiger partial charge is 0.303 e. The molecule has 0 radical (unpaired) electrons. The Balaban J connectivity index is 3.76. The van der Waals surface area contributed by atoms with E-state index in [-0.39, 0.29) is 0 Å². The van der Waals surface area contributed by atoms with Crippen molar-refractivity contribution in [2.75, 3.05) is 25.4 Å². The van der Waals surface area contributed by atoms with Crippen molar-refractivity contribution in [3.8, 4) is 0 Å². The van der Waals surface area contributed by atoms with Gasteiger partial charge in [0, 0.05) is 6.54 Å². The van der Waals surface area contributed by atoms with E-state index in [1.807, 2.05) is 0 Å². The zero-order chi connectivity index (χ0) is 10.1. The third kappa shape index (κ3) is 6.39. The first kappa shape index (κ1) is 13.3. The van der Waals surface area contributed by atoms with E-state index >= 15 is 0 Å². The lowest BCUT2D eigenvalue weighted by atomic mass is 10.1. The Hall–Kier alpha value is 0.310. The summed E-state index contributed by atoms with van der Waals surface area (Å²) in [6, 6.07) is 0. The van der Waals surface area contributed by atoms with Gasteiger partial charge in [-0.2, -0.15) is 12.6 Å². The minimum absolute atomic E-state index is 0.779. The van der Waals surface area contributed by atoms with E-state index < -0.39 is 0 Å². The minimum atomic E-state index is 0.779. The molecule has 13 heavy (non-hydrogen) atoms. The fraction of sp³-hybridized carbons (Fsp3) is 1.00. The van der Waals surface area contributed by atoms with Crippen LogP contribution in [0.1, 0.15) is 40.0 Å². The number of nitrogens with zero attached hydrogens (tertiary/aromatic N) is 1. The zero-order valence-electron chi connectivity index (χ0n) is 9.42. The van der Waals surface area contributed by atoms with E-state index in [1.54, 1.807) is 0 Å². The molecule has 0 aromatic carbocycles. The van der Waals surface area contributed by atoms with Crippen molar-refractivity contribution in [1.82, 2.24) is 4.90 Å². The summed E-state index contributed by atoms with van der Waals surface area (Å²) in [7, 11) is 0. The predicted octanol–water partition coefficient (Wildman–Crippen LogP) is 3.06. The van der Waals surface area contributed by atoms with E-state index in [1.165, 1.54) is 38.9 Å². The Morgan fingerprint density at radius 3 is 1.92 bits per heavy atom. The summed E-state index contributed by atoms with van der Waals surface area (Å²) in [6.45, 7) is 10.5. The molecule has 0 bridgehead atoms. The average molecular weight is 203 g/mol. The molecule has 80 valence electrons. The van der Waals surface area contributed by atoms with Gasteiger partial charge in [0.15, 0.2) is 0 Å². The van der Waals surface area contributed by atoms with Crippen LogP contribution in [0.5, 0.6) is 0 Å². The molecular formula is C11H25NS. The highest BCUT2D eigenvalue weighted by Gasteiger charge is 2.09. The van der Waals surface area contributed by atoms with Crippen LogP contribution in [0.2, 0.25) is 0 Å². The lowest BCUT2D eigenvalue weighted by Gasteiger charge is -2.25. The summed E-state index contributed by atoms with van der Waals surface area (Å²) in [5.74, 6) is 1.81. The summed E-state index contributed by atoms with van der Waals surface area (Å²) in [4.78, 5) is 2.57. The van der Waals surface area contributed by atoms with Gasteiger partial charge in [0.25, 0.3) is 0 Å². The summed E-state index contributed by atoms with van der Waals surface area (Å²) in [5.41, 5.74) is 0. The molecular weight excluding hydrogens is 178 g/mol. The van der Waals surface area contributed by atoms with Crippen molar-refractivity contribution in [3.05, 3.63) is 0 Å². The van der Waals surface area contributed by atoms with Crippen molar-refractivity contribution >= 4 is 12.6 Å². The van der Waals surface area contributed by atoms with Crippen molar-refractivity contribution in [2.45, 2.75) is 40.0 Å². The minimum Gasteiger partial charge on any atom is -0.303 e. The summed E-state index contributed by atoms with van der Waals surface area (Å²) in [5, 5.41) is 0. The van der Waals surface area contributed by atoms with Gasteiger partial charge in [0.1, 0.15) is 0 Å². The molecule has 0 aliphatic rings. The van der Waals surface area contributed by atoms with Crippen LogP contribution in [0.15, 0.2) is 0 Å². The summed E-state index contributed by atoms with van der Waals surface area (Å²) in [6.07, 6.45) is 3.79. The predicted molar refractivity (Wildman–Crippen MR) is 64.7 cm³/mol. The van der Waals surface area contributed by atoms with Crippen LogP contribution < -0.4 is 0 Å². The molecule has 0 aliphatic carbocycles. The molecule has 1 nitrogen and oxygen atoms in total. The molecule has 0 saturated heterocycles. The first-order valence-corrected chi connectivity index (χ1v) is 6.24. The molecule has 0 spiro atoms. The Morgan fingerprint density at radius 2 is 1.62 bits per heavy atom. The molecule has 1 atom stereocenters. The van der Waals surface area contributed by atoms with Gasteiger partial charge in [-0.15, -0.1) is 0 Å². The Labute approximate surface area is 89.3 Å². The van der Waals surface area contributed by atoms with Gasteiger partial charge < -0.3 is 4.90 Å². The van der Waals surface area contributed by atoms with Crippen LogP contribution in [0.25, 0.3) is 0 Å². The van der Waals surface area contributed by atoms with Gasteiger partial charge in [0.05, 0.1) is 0 Å². The van der Waals surface area contributed by atoms with E-state index in [0.29, 0.717) is 0 Å². The van der Waals surface area contributed by atoms with Crippen molar-refractivity contribution in [1.29, 1.82) is 0 Å². The fourth-order valence-corrected chi connectivity index (χ4v) is 1.98. The maximum atomic E-state index is 4.38.